The highest BCUT2D eigenvalue weighted by Gasteiger charge is 2.19. The van der Waals surface area contributed by atoms with Gasteiger partial charge in [0.15, 0.2) is 0 Å². The van der Waals surface area contributed by atoms with Crippen molar-refractivity contribution < 1.29 is 4.74 Å². The lowest BCUT2D eigenvalue weighted by Crippen LogP contribution is -1.96. The van der Waals surface area contributed by atoms with E-state index in [0.717, 1.165) is 5.75 Å². The molecule has 0 amide bonds. The van der Waals surface area contributed by atoms with Crippen molar-refractivity contribution in [1.82, 2.24) is 0 Å². The average Bonchev–Trinajstić information content (AvgIpc) is 2.83. The van der Waals surface area contributed by atoms with Gasteiger partial charge in [-0.25, -0.2) is 0 Å². The van der Waals surface area contributed by atoms with E-state index >= 15 is 0 Å². The molecule has 0 saturated carbocycles. The van der Waals surface area contributed by atoms with Crippen molar-refractivity contribution in [2.45, 2.75) is 5.92 Å². The first-order valence-corrected chi connectivity index (χ1v) is 6.28. The molecule has 0 radical (unpaired) electrons. The molecule has 3 rings (SSSR count). The van der Waals surface area contributed by atoms with Crippen LogP contribution < -0.4 is 4.74 Å². The maximum Gasteiger partial charge on any atom is 0.137 e. The summed E-state index contributed by atoms with van der Waals surface area (Å²) in [6.07, 6.45) is 4.38. The molecule has 0 bridgehead atoms. The number of hydrogen-bond acceptors (Lipinski definition) is 1. The van der Waals surface area contributed by atoms with Gasteiger partial charge in [-0.1, -0.05) is 54.1 Å². The maximum absolute atomic E-state index is 6.06. The Morgan fingerprint density at radius 3 is 2.78 bits per heavy atom. The summed E-state index contributed by atoms with van der Waals surface area (Å²) >= 11 is 6.06. The number of benzene rings is 2. The van der Waals surface area contributed by atoms with Crippen LogP contribution in [0.5, 0.6) is 5.75 Å². The average molecular weight is 257 g/mol. The lowest BCUT2D eigenvalue weighted by Gasteiger charge is -2.13. The Morgan fingerprint density at radius 2 is 1.94 bits per heavy atom. The molecule has 0 N–H and O–H groups in total. The van der Waals surface area contributed by atoms with Gasteiger partial charge in [0.2, 0.25) is 0 Å². The number of halogens is 1. The second-order valence-electron chi connectivity index (χ2n) is 4.36. The Morgan fingerprint density at radius 1 is 1.11 bits per heavy atom. The maximum atomic E-state index is 6.06. The Kier molecular flexibility index (Phi) is 2.85. The first-order valence-electron chi connectivity index (χ1n) is 5.90. The zero-order chi connectivity index (χ0) is 12.5. The molecular formula is C16H13ClO. The fraction of sp³-hybridized carbons (Fsp3) is 0.125. The molecule has 0 aliphatic heterocycles. The Hall–Kier alpha value is -1.73. The molecule has 0 fully saturated rings. The molecule has 0 aromatic heterocycles. The van der Waals surface area contributed by atoms with Crippen LogP contribution in [0.4, 0.5) is 0 Å². The highest BCUT2D eigenvalue weighted by molar-refractivity contribution is 6.32. The molecule has 2 heteroatoms. The van der Waals surface area contributed by atoms with Crippen molar-refractivity contribution >= 4 is 17.7 Å². The Labute approximate surface area is 112 Å². The molecule has 1 nitrogen and oxygen atoms in total. The number of ether oxygens (including phenoxy) is 1. The summed E-state index contributed by atoms with van der Waals surface area (Å²) < 4.78 is 5.28. The molecule has 1 unspecified atom stereocenters. The Balaban J connectivity index is 2.05. The van der Waals surface area contributed by atoms with Gasteiger partial charge in [-0.3, -0.25) is 0 Å². The van der Waals surface area contributed by atoms with Gasteiger partial charge in [-0.2, -0.15) is 0 Å². The molecule has 2 aromatic rings. The van der Waals surface area contributed by atoms with Gasteiger partial charge in [0.05, 0.1) is 12.1 Å². The molecule has 0 saturated heterocycles. The van der Waals surface area contributed by atoms with Crippen LogP contribution in [0, 0.1) is 0 Å². The Bertz CT molecular complexity index is 616. The van der Waals surface area contributed by atoms with Crippen LogP contribution in [-0.4, -0.2) is 7.11 Å². The van der Waals surface area contributed by atoms with Gasteiger partial charge in [-0.05, 0) is 28.8 Å². The number of allylic oxidation sites excluding steroid dienone is 1. The van der Waals surface area contributed by atoms with Gasteiger partial charge in [0, 0.05) is 5.92 Å². The van der Waals surface area contributed by atoms with Gasteiger partial charge in [0.25, 0.3) is 0 Å². The lowest BCUT2D eigenvalue weighted by atomic mass is 9.93. The standard InChI is InChI=1S/C16H13ClO/c1-18-16-10-12(7-9-15(16)17)14-8-6-11-4-2-3-5-13(11)14/h2-10,14H,1H3. The van der Waals surface area contributed by atoms with E-state index in [4.69, 9.17) is 16.3 Å². The predicted octanol–water partition coefficient (Wildman–Crippen LogP) is 4.51. The summed E-state index contributed by atoms with van der Waals surface area (Å²) in [5, 5.41) is 0.650. The van der Waals surface area contributed by atoms with Crippen molar-refractivity contribution in [1.29, 1.82) is 0 Å². The lowest BCUT2D eigenvalue weighted by molar-refractivity contribution is 0.414. The SMILES string of the molecule is COc1cc(C2C=Cc3ccccc32)ccc1Cl. The molecule has 0 heterocycles. The van der Waals surface area contributed by atoms with Crippen LogP contribution in [0.15, 0.2) is 48.5 Å². The smallest absolute Gasteiger partial charge is 0.137 e. The molecule has 90 valence electrons. The van der Waals surface area contributed by atoms with Gasteiger partial charge in [0.1, 0.15) is 5.75 Å². The number of fused-ring (bicyclic) bond motifs is 1. The minimum Gasteiger partial charge on any atom is -0.495 e. The number of hydrogen-bond donors (Lipinski definition) is 0. The number of rotatable bonds is 2. The van der Waals surface area contributed by atoms with E-state index in [1.54, 1.807) is 7.11 Å². The highest BCUT2D eigenvalue weighted by atomic mass is 35.5. The molecule has 0 spiro atoms. The van der Waals surface area contributed by atoms with E-state index in [0.29, 0.717) is 10.9 Å². The summed E-state index contributed by atoms with van der Waals surface area (Å²) in [5.74, 6) is 1.03. The summed E-state index contributed by atoms with van der Waals surface area (Å²) in [6.45, 7) is 0. The predicted molar refractivity (Wildman–Crippen MR) is 75.3 cm³/mol. The number of methoxy groups -OCH3 is 1. The quantitative estimate of drug-likeness (QED) is 0.768. The van der Waals surface area contributed by atoms with Gasteiger partial charge in [-0.15, -0.1) is 0 Å². The van der Waals surface area contributed by atoms with Gasteiger partial charge >= 0.3 is 0 Å². The largest absolute Gasteiger partial charge is 0.495 e. The van der Waals surface area contributed by atoms with Crippen LogP contribution in [0.25, 0.3) is 6.08 Å². The van der Waals surface area contributed by atoms with E-state index < -0.39 is 0 Å². The topological polar surface area (TPSA) is 9.23 Å². The van der Waals surface area contributed by atoms with Gasteiger partial charge < -0.3 is 4.74 Å². The minimum absolute atomic E-state index is 0.298. The molecular weight excluding hydrogens is 244 g/mol. The van der Waals surface area contributed by atoms with Crippen molar-refractivity contribution in [2.75, 3.05) is 7.11 Å². The van der Waals surface area contributed by atoms with E-state index in [9.17, 15) is 0 Å². The monoisotopic (exact) mass is 256 g/mol. The third-order valence-corrected chi connectivity index (χ3v) is 3.65. The normalized spacial score (nSPS) is 16.7. The van der Waals surface area contributed by atoms with E-state index in [-0.39, 0.29) is 0 Å². The van der Waals surface area contributed by atoms with E-state index in [1.165, 1.54) is 16.7 Å². The summed E-state index contributed by atoms with van der Waals surface area (Å²) in [5.41, 5.74) is 3.83. The van der Waals surface area contributed by atoms with E-state index in [1.807, 2.05) is 12.1 Å². The fourth-order valence-electron chi connectivity index (χ4n) is 2.41. The second-order valence-corrected chi connectivity index (χ2v) is 4.77. The van der Waals surface area contributed by atoms with Crippen LogP contribution >= 0.6 is 11.6 Å². The van der Waals surface area contributed by atoms with Crippen molar-refractivity contribution in [3.05, 3.63) is 70.3 Å². The first kappa shape index (κ1) is 11.4. The second kappa shape index (κ2) is 4.51. The third kappa shape index (κ3) is 1.81. The third-order valence-electron chi connectivity index (χ3n) is 3.33. The molecule has 18 heavy (non-hydrogen) atoms. The van der Waals surface area contributed by atoms with Crippen LogP contribution in [-0.2, 0) is 0 Å². The van der Waals surface area contributed by atoms with Crippen LogP contribution in [0.2, 0.25) is 5.02 Å². The van der Waals surface area contributed by atoms with Crippen molar-refractivity contribution in [3.63, 3.8) is 0 Å². The van der Waals surface area contributed by atoms with Crippen molar-refractivity contribution in [2.24, 2.45) is 0 Å². The van der Waals surface area contributed by atoms with Crippen molar-refractivity contribution in [3.8, 4) is 5.75 Å². The van der Waals surface area contributed by atoms with Crippen LogP contribution in [0.3, 0.4) is 0 Å². The summed E-state index contributed by atoms with van der Waals surface area (Å²) in [7, 11) is 1.64. The van der Waals surface area contributed by atoms with E-state index in [2.05, 4.69) is 42.5 Å². The summed E-state index contributed by atoms with van der Waals surface area (Å²) in [6, 6.07) is 14.4. The zero-order valence-corrected chi connectivity index (χ0v) is 10.8. The zero-order valence-electron chi connectivity index (χ0n) is 10.1. The summed E-state index contributed by atoms with van der Waals surface area (Å²) in [4.78, 5) is 0. The molecule has 2 aromatic carbocycles. The minimum atomic E-state index is 0.298. The molecule has 1 atom stereocenters. The molecule has 1 aliphatic rings. The highest BCUT2D eigenvalue weighted by Crippen LogP contribution is 2.37. The molecule has 1 aliphatic carbocycles. The first-order chi connectivity index (χ1) is 8.79. The van der Waals surface area contributed by atoms with Crippen LogP contribution in [0.1, 0.15) is 22.6 Å². The fourth-order valence-corrected chi connectivity index (χ4v) is 2.60.